The highest BCUT2D eigenvalue weighted by molar-refractivity contribution is 5.46. The standard InChI is InChI=1S/C14H16F3NO/c1-8-3-4-11(12(9(8)2)14(15,16)17)13-5-10(6-19-13)18-7-13/h3-4,10,18H,5-7H2,1-2H3. The molecule has 0 aliphatic carbocycles. The summed E-state index contributed by atoms with van der Waals surface area (Å²) in [5.41, 5.74) is -0.0627. The van der Waals surface area contributed by atoms with Gasteiger partial charge in [-0.25, -0.2) is 0 Å². The van der Waals surface area contributed by atoms with Crippen LogP contribution in [-0.4, -0.2) is 19.2 Å². The van der Waals surface area contributed by atoms with Crippen molar-refractivity contribution >= 4 is 0 Å². The van der Waals surface area contributed by atoms with Crippen LogP contribution in [0.15, 0.2) is 12.1 Å². The number of morpholine rings is 1. The highest BCUT2D eigenvalue weighted by Crippen LogP contribution is 2.47. The first kappa shape index (κ1) is 12.9. The van der Waals surface area contributed by atoms with Crippen LogP contribution >= 0.6 is 0 Å². The summed E-state index contributed by atoms with van der Waals surface area (Å²) in [5, 5.41) is 3.22. The Hall–Kier alpha value is -1.07. The third-order valence-corrected chi connectivity index (χ3v) is 4.32. The Bertz CT molecular complexity index is 516. The highest BCUT2D eigenvalue weighted by atomic mass is 19.4. The number of nitrogens with one attached hydrogen (secondary N) is 1. The maximum absolute atomic E-state index is 13.4. The van der Waals surface area contributed by atoms with Gasteiger partial charge in [0, 0.05) is 12.6 Å². The second-order valence-electron chi connectivity index (χ2n) is 5.52. The van der Waals surface area contributed by atoms with E-state index in [2.05, 4.69) is 5.32 Å². The Morgan fingerprint density at radius 2 is 2.05 bits per heavy atom. The summed E-state index contributed by atoms with van der Waals surface area (Å²) in [6.07, 6.45) is -3.72. The van der Waals surface area contributed by atoms with E-state index in [0.717, 1.165) is 0 Å². The number of aryl methyl sites for hydroxylation is 1. The normalized spacial score (nSPS) is 30.1. The van der Waals surface area contributed by atoms with E-state index >= 15 is 0 Å². The zero-order valence-corrected chi connectivity index (χ0v) is 10.9. The summed E-state index contributed by atoms with van der Waals surface area (Å²) in [6.45, 7) is 4.19. The lowest BCUT2D eigenvalue weighted by Gasteiger charge is -2.31. The van der Waals surface area contributed by atoms with Crippen LogP contribution in [0, 0.1) is 13.8 Å². The molecule has 1 N–H and O–H groups in total. The van der Waals surface area contributed by atoms with Gasteiger partial charge in [0.05, 0.1) is 12.2 Å². The van der Waals surface area contributed by atoms with E-state index in [4.69, 9.17) is 4.74 Å². The lowest BCUT2D eigenvalue weighted by molar-refractivity contribution is -0.141. The van der Waals surface area contributed by atoms with E-state index in [1.165, 1.54) is 6.92 Å². The second-order valence-corrected chi connectivity index (χ2v) is 5.52. The van der Waals surface area contributed by atoms with Gasteiger partial charge in [-0.15, -0.1) is 0 Å². The van der Waals surface area contributed by atoms with Crippen molar-refractivity contribution in [3.63, 3.8) is 0 Å². The maximum Gasteiger partial charge on any atom is 0.417 e. The number of hydrogen-bond acceptors (Lipinski definition) is 2. The summed E-state index contributed by atoms with van der Waals surface area (Å²) >= 11 is 0. The minimum Gasteiger partial charge on any atom is -0.367 e. The smallest absolute Gasteiger partial charge is 0.367 e. The molecule has 0 amide bonds. The third kappa shape index (κ3) is 1.87. The van der Waals surface area contributed by atoms with E-state index < -0.39 is 17.3 Å². The van der Waals surface area contributed by atoms with Crippen LogP contribution in [0.4, 0.5) is 13.2 Å². The van der Waals surface area contributed by atoms with Crippen molar-refractivity contribution < 1.29 is 17.9 Å². The van der Waals surface area contributed by atoms with E-state index in [1.54, 1.807) is 19.1 Å². The molecule has 2 heterocycles. The Kier molecular flexibility index (Phi) is 2.70. The molecule has 2 aliphatic rings. The monoisotopic (exact) mass is 271 g/mol. The first-order valence-electron chi connectivity index (χ1n) is 6.39. The molecule has 0 radical (unpaired) electrons. The molecule has 0 aromatic heterocycles. The first-order chi connectivity index (χ1) is 8.83. The predicted octanol–water partition coefficient (Wildman–Crippen LogP) is 2.91. The predicted molar refractivity (Wildman–Crippen MR) is 65.0 cm³/mol. The van der Waals surface area contributed by atoms with Crippen LogP contribution in [0.25, 0.3) is 0 Å². The number of hydrogen-bond donors (Lipinski definition) is 1. The molecule has 104 valence electrons. The van der Waals surface area contributed by atoms with Crippen molar-refractivity contribution in [2.75, 3.05) is 13.2 Å². The fourth-order valence-corrected chi connectivity index (χ4v) is 3.18. The van der Waals surface area contributed by atoms with Gasteiger partial charge in [0.2, 0.25) is 0 Å². The van der Waals surface area contributed by atoms with Crippen molar-refractivity contribution in [3.05, 3.63) is 34.4 Å². The molecule has 2 saturated heterocycles. The molecule has 1 aromatic rings. The molecule has 19 heavy (non-hydrogen) atoms. The van der Waals surface area contributed by atoms with Crippen molar-refractivity contribution in [3.8, 4) is 0 Å². The fraction of sp³-hybridized carbons (Fsp3) is 0.571. The van der Waals surface area contributed by atoms with Gasteiger partial charge in [-0.3, -0.25) is 0 Å². The summed E-state index contributed by atoms with van der Waals surface area (Å²) in [6, 6.07) is 3.52. The largest absolute Gasteiger partial charge is 0.417 e. The third-order valence-electron chi connectivity index (χ3n) is 4.32. The molecule has 1 aromatic carbocycles. The van der Waals surface area contributed by atoms with Gasteiger partial charge in [0.1, 0.15) is 5.60 Å². The molecule has 2 nitrogen and oxygen atoms in total. The van der Waals surface area contributed by atoms with E-state index in [-0.39, 0.29) is 11.6 Å². The molecular weight excluding hydrogens is 255 g/mol. The molecular formula is C14H16F3NO. The summed E-state index contributed by atoms with van der Waals surface area (Å²) in [4.78, 5) is 0. The average Bonchev–Trinajstić information content (AvgIpc) is 2.92. The molecule has 0 spiro atoms. The average molecular weight is 271 g/mol. The second kappa shape index (κ2) is 3.96. The SMILES string of the molecule is Cc1ccc(C23CNC(CO2)C3)c(C(F)(F)F)c1C. The molecule has 2 atom stereocenters. The molecule has 5 heteroatoms. The molecule has 2 fully saturated rings. The van der Waals surface area contributed by atoms with Crippen LogP contribution in [0.3, 0.4) is 0 Å². The number of benzene rings is 1. The number of fused-ring (bicyclic) bond motifs is 2. The summed E-state index contributed by atoms with van der Waals surface area (Å²) < 4.78 is 45.9. The van der Waals surface area contributed by atoms with Crippen molar-refractivity contribution in [2.45, 2.75) is 38.1 Å². The van der Waals surface area contributed by atoms with Gasteiger partial charge in [-0.05, 0) is 37.0 Å². The molecule has 3 rings (SSSR count). The number of alkyl halides is 3. The minimum atomic E-state index is -4.34. The summed E-state index contributed by atoms with van der Waals surface area (Å²) in [5.74, 6) is 0. The van der Waals surface area contributed by atoms with Gasteiger partial charge in [0.15, 0.2) is 0 Å². The fourth-order valence-electron chi connectivity index (χ4n) is 3.18. The topological polar surface area (TPSA) is 21.3 Å². The van der Waals surface area contributed by atoms with Gasteiger partial charge >= 0.3 is 6.18 Å². The Labute approximate surface area is 109 Å². The molecule has 2 unspecified atom stereocenters. The highest BCUT2D eigenvalue weighted by Gasteiger charge is 2.51. The van der Waals surface area contributed by atoms with Gasteiger partial charge < -0.3 is 10.1 Å². The first-order valence-corrected chi connectivity index (χ1v) is 6.39. The zero-order valence-electron chi connectivity index (χ0n) is 10.9. The lowest BCUT2D eigenvalue weighted by atomic mass is 9.85. The van der Waals surface area contributed by atoms with Crippen molar-refractivity contribution in [2.24, 2.45) is 0 Å². The van der Waals surface area contributed by atoms with E-state index in [0.29, 0.717) is 30.7 Å². The van der Waals surface area contributed by atoms with Gasteiger partial charge in [-0.1, -0.05) is 12.1 Å². The number of ether oxygens (including phenoxy) is 1. The van der Waals surface area contributed by atoms with Crippen LogP contribution in [-0.2, 0) is 16.5 Å². The number of halogens is 3. The van der Waals surface area contributed by atoms with Crippen molar-refractivity contribution in [1.29, 1.82) is 0 Å². The Morgan fingerprint density at radius 3 is 2.53 bits per heavy atom. The summed E-state index contributed by atoms with van der Waals surface area (Å²) in [7, 11) is 0. The zero-order chi connectivity index (χ0) is 13.8. The molecule has 0 saturated carbocycles. The van der Waals surface area contributed by atoms with Crippen LogP contribution in [0.1, 0.15) is 28.7 Å². The minimum absolute atomic E-state index is 0.183. The number of rotatable bonds is 1. The lowest BCUT2D eigenvalue weighted by Crippen LogP contribution is -2.38. The quantitative estimate of drug-likeness (QED) is 0.848. The van der Waals surface area contributed by atoms with Gasteiger partial charge in [0.25, 0.3) is 0 Å². The van der Waals surface area contributed by atoms with Crippen LogP contribution < -0.4 is 5.32 Å². The molecule has 2 aliphatic heterocycles. The molecule has 2 bridgehead atoms. The maximum atomic E-state index is 13.4. The Balaban J connectivity index is 2.19. The van der Waals surface area contributed by atoms with E-state index in [1.807, 2.05) is 0 Å². The van der Waals surface area contributed by atoms with Gasteiger partial charge in [-0.2, -0.15) is 13.2 Å². The van der Waals surface area contributed by atoms with Crippen LogP contribution in [0.5, 0.6) is 0 Å². The van der Waals surface area contributed by atoms with Crippen molar-refractivity contribution in [1.82, 2.24) is 5.32 Å². The van der Waals surface area contributed by atoms with Crippen LogP contribution in [0.2, 0.25) is 0 Å². The Morgan fingerprint density at radius 1 is 1.32 bits per heavy atom. The van der Waals surface area contributed by atoms with E-state index in [9.17, 15) is 13.2 Å².